The van der Waals surface area contributed by atoms with E-state index >= 15 is 0 Å². The lowest BCUT2D eigenvalue weighted by Gasteiger charge is -2.17. The molecule has 3 nitrogen and oxygen atoms in total. The minimum atomic E-state index is -0.278. The first kappa shape index (κ1) is 14.9. The number of hydrogen-bond donors (Lipinski definition) is 0. The average Bonchev–Trinajstić information content (AvgIpc) is 2.33. The highest BCUT2D eigenvalue weighted by Crippen LogP contribution is 2.09. The normalized spacial score (nSPS) is 11.5. The van der Waals surface area contributed by atoms with Crippen molar-refractivity contribution in [1.82, 2.24) is 0 Å². The van der Waals surface area contributed by atoms with E-state index in [1.54, 1.807) is 0 Å². The van der Waals surface area contributed by atoms with Gasteiger partial charge in [0.2, 0.25) is 0 Å². The highest BCUT2D eigenvalue weighted by atomic mass is 17.2. The van der Waals surface area contributed by atoms with Crippen molar-refractivity contribution in [3.05, 3.63) is 35.9 Å². The van der Waals surface area contributed by atoms with Crippen molar-refractivity contribution < 1.29 is 14.6 Å². The molecule has 0 amide bonds. The molecule has 0 aromatic heterocycles. The van der Waals surface area contributed by atoms with E-state index in [-0.39, 0.29) is 11.4 Å². The minimum absolute atomic E-state index is 0.187. The molecule has 100 valence electrons. The molecular weight excluding hydrogens is 228 g/mol. The summed E-state index contributed by atoms with van der Waals surface area (Å²) in [4.78, 5) is 22.0. The lowest BCUT2D eigenvalue weighted by atomic mass is 10.1. The second-order valence-electron chi connectivity index (χ2n) is 5.26. The third kappa shape index (κ3) is 6.52. The molecule has 0 N–H and O–H groups in total. The lowest BCUT2D eigenvalue weighted by Crippen LogP contribution is -2.19. The van der Waals surface area contributed by atoms with Crippen LogP contribution in [0.1, 0.15) is 50.4 Å². The first-order valence-electron chi connectivity index (χ1n) is 6.38. The summed E-state index contributed by atoms with van der Waals surface area (Å²) in [6, 6.07) is 9.37. The summed E-state index contributed by atoms with van der Waals surface area (Å²) in [7, 11) is 0. The Morgan fingerprint density at radius 3 is 2.39 bits per heavy atom. The van der Waals surface area contributed by atoms with Gasteiger partial charge in [0, 0.05) is 12.0 Å². The van der Waals surface area contributed by atoms with E-state index in [0.717, 1.165) is 18.4 Å². The van der Waals surface area contributed by atoms with E-state index in [4.69, 9.17) is 9.78 Å². The van der Waals surface area contributed by atoms with E-state index in [0.29, 0.717) is 13.0 Å². The zero-order valence-electron chi connectivity index (χ0n) is 11.4. The molecule has 3 heteroatoms. The van der Waals surface area contributed by atoms with Gasteiger partial charge in [0.1, 0.15) is 0 Å². The van der Waals surface area contributed by atoms with Gasteiger partial charge in [0.05, 0.1) is 12.2 Å². The maximum atomic E-state index is 11.8. The summed E-state index contributed by atoms with van der Waals surface area (Å²) in [6.45, 7) is 6.34. The summed E-state index contributed by atoms with van der Waals surface area (Å²) >= 11 is 0. The van der Waals surface area contributed by atoms with Gasteiger partial charge in [-0.05, 0) is 33.6 Å². The molecule has 0 unspecified atom stereocenters. The van der Waals surface area contributed by atoms with Crippen LogP contribution >= 0.6 is 0 Å². The topological polar surface area (TPSA) is 35.5 Å². The van der Waals surface area contributed by atoms with Crippen LogP contribution < -0.4 is 0 Å². The van der Waals surface area contributed by atoms with Crippen LogP contribution in [-0.2, 0) is 9.78 Å². The van der Waals surface area contributed by atoms with Gasteiger partial charge in [0.15, 0.2) is 5.78 Å². The monoisotopic (exact) mass is 250 g/mol. The zero-order valence-corrected chi connectivity index (χ0v) is 11.4. The van der Waals surface area contributed by atoms with Gasteiger partial charge in [-0.2, -0.15) is 0 Å². The Hall–Kier alpha value is -1.19. The van der Waals surface area contributed by atoms with Crippen LogP contribution in [0, 0.1) is 0 Å². The molecule has 0 atom stereocenters. The maximum absolute atomic E-state index is 11.8. The number of Topliss-reactive ketones (excluding diaryl/α,β-unsaturated/α-hetero) is 1. The molecule has 0 radical (unpaired) electrons. The Kier molecular flexibility index (Phi) is 6.02. The van der Waals surface area contributed by atoms with Crippen molar-refractivity contribution in [2.45, 2.75) is 45.6 Å². The molecule has 1 rings (SSSR count). The molecule has 0 aliphatic carbocycles. The van der Waals surface area contributed by atoms with Crippen molar-refractivity contribution in [2.24, 2.45) is 0 Å². The van der Waals surface area contributed by atoms with E-state index in [9.17, 15) is 4.79 Å². The van der Waals surface area contributed by atoms with E-state index in [1.165, 1.54) is 0 Å². The number of ketones is 1. The van der Waals surface area contributed by atoms with E-state index in [1.807, 2.05) is 51.1 Å². The Labute approximate surface area is 109 Å². The van der Waals surface area contributed by atoms with Crippen LogP contribution in [0.25, 0.3) is 0 Å². The van der Waals surface area contributed by atoms with Crippen LogP contribution in [0.3, 0.4) is 0 Å². The van der Waals surface area contributed by atoms with Crippen molar-refractivity contribution in [3.63, 3.8) is 0 Å². The maximum Gasteiger partial charge on any atom is 0.162 e. The summed E-state index contributed by atoms with van der Waals surface area (Å²) < 4.78 is 0. The van der Waals surface area contributed by atoms with Crippen LogP contribution in [0.5, 0.6) is 0 Å². The fourth-order valence-corrected chi connectivity index (χ4v) is 1.43. The summed E-state index contributed by atoms with van der Waals surface area (Å²) in [6.07, 6.45) is 2.21. The van der Waals surface area contributed by atoms with Crippen molar-refractivity contribution >= 4 is 5.78 Å². The summed E-state index contributed by atoms with van der Waals surface area (Å²) in [5.74, 6) is 0.187. The standard InChI is InChI=1S/C15H22O3/c1-15(2,3)18-17-12-8-7-11-14(16)13-9-5-4-6-10-13/h4-6,9-10H,7-8,11-12H2,1-3H3. The molecule has 0 aliphatic rings. The predicted octanol–water partition coefficient (Wildman–Crippen LogP) is 3.79. The van der Waals surface area contributed by atoms with E-state index in [2.05, 4.69) is 0 Å². The van der Waals surface area contributed by atoms with Gasteiger partial charge in [-0.1, -0.05) is 30.3 Å². The number of carbonyl (C=O) groups excluding carboxylic acids is 1. The largest absolute Gasteiger partial charge is 0.294 e. The number of hydrogen-bond acceptors (Lipinski definition) is 3. The second-order valence-corrected chi connectivity index (χ2v) is 5.26. The predicted molar refractivity (Wildman–Crippen MR) is 71.4 cm³/mol. The first-order valence-corrected chi connectivity index (χ1v) is 6.38. The molecule has 0 heterocycles. The Morgan fingerprint density at radius 1 is 1.11 bits per heavy atom. The zero-order chi connectivity index (χ0) is 13.4. The molecule has 0 spiro atoms. The number of unbranched alkanes of at least 4 members (excludes halogenated alkanes) is 1. The Bertz CT molecular complexity index is 352. The van der Waals surface area contributed by atoms with Crippen LogP contribution in [0.4, 0.5) is 0 Å². The minimum Gasteiger partial charge on any atom is -0.294 e. The van der Waals surface area contributed by atoms with Gasteiger partial charge < -0.3 is 0 Å². The Balaban J connectivity index is 2.10. The van der Waals surface area contributed by atoms with Gasteiger partial charge in [-0.15, -0.1) is 0 Å². The molecule has 0 aliphatic heterocycles. The number of carbonyl (C=O) groups is 1. The molecule has 0 fully saturated rings. The molecule has 18 heavy (non-hydrogen) atoms. The van der Waals surface area contributed by atoms with Crippen LogP contribution in [0.2, 0.25) is 0 Å². The van der Waals surface area contributed by atoms with Gasteiger partial charge >= 0.3 is 0 Å². The van der Waals surface area contributed by atoms with Gasteiger partial charge in [-0.25, -0.2) is 9.78 Å². The summed E-state index contributed by atoms with van der Waals surface area (Å²) in [5, 5.41) is 0. The molecule has 1 aromatic carbocycles. The van der Waals surface area contributed by atoms with Gasteiger partial charge in [-0.3, -0.25) is 4.79 Å². The van der Waals surface area contributed by atoms with Crippen LogP contribution in [0.15, 0.2) is 30.3 Å². The highest BCUT2D eigenvalue weighted by molar-refractivity contribution is 5.95. The molecule has 0 saturated carbocycles. The molecular formula is C15H22O3. The van der Waals surface area contributed by atoms with Gasteiger partial charge in [0.25, 0.3) is 0 Å². The third-order valence-corrected chi connectivity index (χ3v) is 2.29. The molecule has 0 saturated heterocycles. The number of rotatable bonds is 7. The molecule has 1 aromatic rings. The first-order chi connectivity index (χ1) is 8.49. The fourth-order valence-electron chi connectivity index (χ4n) is 1.43. The van der Waals surface area contributed by atoms with Crippen molar-refractivity contribution in [2.75, 3.05) is 6.61 Å². The SMILES string of the molecule is CC(C)(C)OOCCCCC(=O)c1ccccc1. The Morgan fingerprint density at radius 2 is 1.78 bits per heavy atom. The average molecular weight is 250 g/mol. The second kappa shape index (κ2) is 7.29. The highest BCUT2D eigenvalue weighted by Gasteiger charge is 2.11. The van der Waals surface area contributed by atoms with Crippen molar-refractivity contribution in [3.8, 4) is 0 Å². The third-order valence-electron chi connectivity index (χ3n) is 2.29. The van der Waals surface area contributed by atoms with Crippen molar-refractivity contribution in [1.29, 1.82) is 0 Å². The van der Waals surface area contributed by atoms with E-state index < -0.39 is 0 Å². The lowest BCUT2D eigenvalue weighted by molar-refractivity contribution is -0.348. The van der Waals surface area contributed by atoms with Crippen LogP contribution in [-0.4, -0.2) is 18.0 Å². The fraction of sp³-hybridized carbons (Fsp3) is 0.533. The quantitative estimate of drug-likeness (QED) is 0.320. The molecule has 0 bridgehead atoms. The smallest absolute Gasteiger partial charge is 0.162 e. The summed E-state index contributed by atoms with van der Waals surface area (Å²) in [5.41, 5.74) is 0.504. The number of benzene rings is 1.